The number of rotatable bonds is 5. The Labute approximate surface area is 179 Å². The van der Waals surface area contributed by atoms with Gasteiger partial charge in [-0.1, -0.05) is 0 Å². The fourth-order valence-corrected chi connectivity index (χ4v) is 4.08. The van der Waals surface area contributed by atoms with E-state index in [9.17, 15) is 4.79 Å². The number of nitrogens with zero attached hydrogens (tertiary/aromatic N) is 1. The smallest absolute Gasteiger partial charge is 0.325 e. The van der Waals surface area contributed by atoms with Gasteiger partial charge in [0, 0.05) is 34.6 Å². The van der Waals surface area contributed by atoms with E-state index in [-0.39, 0.29) is 18.4 Å². The van der Waals surface area contributed by atoms with Gasteiger partial charge in [-0.15, -0.1) is 0 Å². The fraction of sp³-hybridized carbons (Fsp3) is 0.227. The van der Waals surface area contributed by atoms with Crippen LogP contribution in [0.1, 0.15) is 5.56 Å². The van der Waals surface area contributed by atoms with Gasteiger partial charge in [-0.2, -0.15) is 0 Å². The molecule has 2 amide bonds. The zero-order valence-electron chi connectivity index (χ0n) is 17.4. The first-order chi connectivity index (χ1) is 15.1. The lowest BCUT2D eigenvalue weighted by molar-refractivity contribution is 0.250. The molecule has 160 valence electrons. The van der Waals surface area contributed by atoms with Gasteiger partial charge in [0.1, 0.15) is 12.3 Å². The summed E-state index contributed by atoms with van der Waals surface area (Å²) in [7, 11) is 4.73. The molecule has 0 saturated carbocycles. The number of benzene rings is 2. The van der Waals surface area contributed by atoms with Crippen molar-refractivity contribution < 1.29 is 19.0 Å². The first kappa shape index (κ1) is 19.0. The van der Waals surface area contributed by atoms with Crippen LogP contribution >= 0.6 is 0 Å². The molecule has 0 bridgehead atoms. The van der Waals surface area contributed by atoms with E-state index in [2.05, 4.69) is 20.9 Å². The number of amides is 2. The molecule has 9 nitrogen and oxygen atoms in total. The van der Waals surface area contributed by atoms with E-state index in [1.54, 1.807) is 26.2 Å². The molecule has 4 N–H and O–H groups in total. The molecule has 5 rings (SSSR count). The van der Waals surface area contributed by atoms with Crippen LogP contribution in [0.4, 0.5) is 10.5 Å². The molecule has 1 aromatic heterocycles. The standard InChI is InChI=1S/C22H23N5O4/c1-29-17-9-13(10-18(30-2)19(17)31-3)16-11-24-20-21(25-16)27(22(28)26-20)14-4-5-15-12(8-14)6-7-23-15/h4-11,20-21,23-25H,1-3H3,(H,26,28). The number of ether oxygens (including phenoxy) is 3. The minimum atomic E-state index is -0.331. The summed E-state index contributed by atoms with van der Waals surface area (Å²) in [5, 5.41) is 10.8. The van der Waals surface area contributed by atoms with Gasteiger partial charge >= 0.3 is 6.03 Å². The third-order valence-corrected chi connectivity index (χ3v) is 5.59. The summed E-state index contributed by atoms with van der Waals surface area (Å²) in [6, 6.07) is 11.4. The molecule has 2 aliphatic rings. The molecule has 0 spiro atoms. The number of hydrogen-bond acceptors (Lipinski definition) is 6. The first-order valence-electron chi connectivity index (χ1n) is 9.83. The highest BCUT2D eigenvalue weighted by Gasteiger charge is 2.42. The second kappa shape index (κ2) is 7.35. The highest BCUT2D eigenvalue weighted by Crippen LogP contribution is 2.40. The quantitative estimate of drug-likeness (QED) is 0.505. The maximum atomic E-state index is 12.8. The van der Waals surface area contributed by atoms with Crippen LogP contribution in [-0.2, 0) is 0 Å². The van der Waals surface area contributed by atoms with Gasteiger partial charge in [-0.3, -0.25) is 4.90 Å². The molecule has 2 aromatic carbocycles. The molecule has 2 aliphatic heterocycles. The third kappa shape index (κ3) is 3.05. The van der Waals surface area contributed by atoms with Crippen LogP contribution in [-0.4, -0.2) is 44.7 Å². The van der Waals surface area contributed by atoms with Gasteiger partial charge in [0.25, 0.3) is 0 Å². The Bertz CT molecular complexity index is 1160. The predicted molar refractivity (Wildman–Crippen MR) is 117 cm³/mol. The summed E-state index contributed by atoms with van der Waals surface area (Å²) >= 11 is 0. The van der Waals surface area contributed by atoms with Crippen molar-refractivity contribution >= 4 is 28.3 Å². The van der Waals surface area contributed by atoms with Crippen molar-refractivity contribution in [2.24, 2.45) is 0 Å². The number of carbonyl (C=O) groups is 1. The van der Waals surface area contributed by atoms with Crippen LogP contribution in [0.25, 0.3) is 16.6 Å². The molecule has 9 heteroatoms. The summed E-state index contributed by atoms with van der Waals surface area (Å²) in [6.07, 6.45) is 3.11. The Morgan fingerprint density at radius 3 is 2.42 bits per heavy atom. The summed E-state index contributed by atoms with van der Waals surface area (Å²) in [4.78, 5) is 17.7. The summed E-state index contributed by atoms with van der Waals surface area (Å²) in [5.74, 6) is 1.63. The summed E-state index contributed by atoms with van der Waals surface area (Å²) in [5.41, 5.74) is 3.45. The highest BCUT2D eigenvalue weighted by molar-refractivity contribution is 5.98. The third-order valence-electron chi connectivity index (χ3n) is 5.59. The molecule has 1 saturated heterocycles. The Hall–Kier alpha value is -4.01. The Balaban J connectivity index is 1.49. The second-order valence-electron chi connectivity index (χ2n) is 7.27. The van der Waals surface area contributed by atoms with Crippen molar-refractivity contribution in [1.82, 2.24) is 20.9 Å². The van der Waals surface area contributed by atoms with Crippen molar-refractivity contribution in [3.8, 4) is 17.2 Å². The minimum Gasteiger partial charge on any atom is -0.493 e. The largest absolute Gasteiger partial charge is 0.493 e. The average molecular weight is 421 g/mol. The molecule has 3 heterocycles. The van der Waals surface area contributed by atoms with Crippen LogP contribution in [0.15, 0.2) is 48.8 Å². The van der Waals surface area contributed by atoms with E-state index >= 15 is 0 Å². The lowest BCUT2D eigenvalue weighted by Gasteiger charge is -2.33. The molecule has 2 unspecified atom stereocenters. The SMILES string of the molecule is COc1cc(C2=CNC3NC(=O)N(c4ccc5[nH]ccc5c4)C3N2)cc(OC)c1OC. The summed E-state index contributed by atoms with van der Waals surface area (Å²) < 4.78 is 16.4. The Kier molecular flexibility index (Phi) is 4.50. The minimum absolute atomic E-state index is 0.176. The van der Waals surface area contributed by atoms with Crippen LogP contribution in [0.5, 0.6) is 17.2 Å². The van der Waals surface area contributed by atoms with Gasteiger partial charge in [0.05, 0.1) is 27.0 Å². The van der Waals surface area contributed by atoms with Crippen molar-refractivity contribution in [3.63, 3.8) is 0 Å². The molecule has 0 aliphatic carbocycles. The van der Waals surface area contributed by atoms with Crippen LogP contribution in [0, 0.1) is 0 Å². The van der Waals surface area contributed by atoms with Crippen molar-refractivity contribution in [2.75, 3.05) is 26.2 Å². The second-order valence-corrected chi connectivity index (χ2v) is 7.27. The molecule has 1 fully saturated rings. The number of fused-ring (bicyclic) bond motifs is 2. The van der Waals surface area contributed by atoms with E-state index < -0.39 is 0 Å². The van der Waals surface area contributed by atoms with E-state index in [1.807, 2.05) is 48.8 Å². The molecule has 3 aromatic rings. The van der Waals surface area contributed by atoms with Crippen LogP contribution in [0.2, 0.25) is 0 Å². The lowest BCUT2D eigenvalue weighted by atomic mass is 10.1. The van der Waals surface area contributed by atoms with Gasteiger partial charge in [-0.25, -0.2) is 4.79 Å². The summed E-state index contributed by atoms with van der Waals surface area (Å²) in [6.45, 7) is 0. The van der Waals surface area contributed by atoms with Crippen LogP contribution < -0.4 is 35.1 Å². The number of urea groups is 1. The van der Waals surface area contributed by atoms with E-state index in [0.29, 0.717) is 17.2 Å². The zero-order chi connectivity index (χ0) is 21.5. The number of aromatic nitrogens is 1. The molecule has 0 radical (unpaired) electrons. The number of aromatic amines is 1. The number of H-pyrrole nitrogens is 1. The molecule has 2 atom stereocenters. The monoisotopic (exact) mass is 421 g/mol. The average Bonchev–Trinajstić information content (AvgIpc) is 3.40. The number of methoxy groups -OCH3 is 3. The topological polar surface area (TPSA) is 99.9 Å². The fourth-order valence-electron chi connectivity index (χ4n) is 4.08. The molecular formula is C22H23N5O4. The van der Waals surface area contributed by atoms with Gasteiger partial charge in [0.15, 0.2) is 11.5 Å². The lowest BCUT2D eigenvalue weighted by Crippen LogP contribution is -2.55. The number of anilines is 1. The number of carbonyl (C=O) groups excluding carboxylic acids is 1. The Morgan fingerprint density at radius 1 is 0.935 bits per heavy atom. The van der Waals surface area contributed by atoms with Crippen LogP contribution in [0.3, 0.4) is 0 Å². The first-order valence-corrected chi connectivity index (χ1v) is 9.83. The molecular weight excluding hydrogens is 398 g/mol. The normalized spacial score (nSPS) is 19.8. The zero-order valence-corrected chi connectivity index (χ0v) is 17.4. The van der Waals surface area contributed by atoms with E-state index in [0.717, 1.165) is 27.9 Å². The molecule has 31 heavy (non-hydrogen) atoms. The number of hydrogen-bond donors (Lipinski definition) is 4. The maximum Gasteiger partial charge on any atom is 0.325 e. The van der Waals surface area contributed by atoms with Crippen molar-refractivity contribution in [3.05, 3.63) is 54.4 Å². The van der Waals surface area contributed by atoms with Gasteiger partial charge < -0.3 is 35.1 Å². The van der Waals surface area contributed by atoms with Crippen molar-refractivity contribution in [1.29, 1.82) is 0 Å². The highest BCUT2D eigenvalue weighted by atomic mass is 16.5. The van der Waals surface area contributed by atoms with E-state index in [4.69, 9.17) is 14.2 Å². The van der Waals surface area contributed by atoms with Gasteiger partial charge in [0.2, 0.25) is 5.75 Å². The van der Waals surface area contributed by atoms with Gasteiger partial charge in [-0.05, 0) is 36.4 Å². The van der Waals surface area contributed by atoms with Crippen molar-refractivity contribution in [2.45, 2.75) is 12.3 Å². The van der Waals surface area contributed by atoms with E-state index in [1.165, 1.54) is 0 Å². The predicted octanol–water partition coefficient (Wildman–Crippen LogP) is 2.57. The maximum absolute atomic E-state index is 12.8. The number of nitrogens with one attached hydrogen (secondary N) is 4. The Morgan fingerprint density at radius 2 is 1.71 bits per heavy atom.